The second-order valence-corrected chi connectivity index (χ2v) is 8.64. The molecule has 1 aliphatic heterocycles. The highest BCUT2D eigenvalue weighted by Crippen LogP contribution is 2.24. The van der Waals surface area contributed by atoms with Gasteiger partial charge >= 0.3 is 0 Å². The van der Waals surface area contributed by atoms with Crippen LogP contribution in [0.4, 0.5) is 0 Å². The lowest BCUT2D eigenvalue weighted by molar-refractivity contribution is 0.0664. The Morgan fingerprint density at radius 1 is 1.03 bits per heavy atom. The summed E-state index contributed by atoms with van der Waals surface area (Å²) in [5.74, 6) is -0.152. The number of ether oxygens (including phenoxy) is 1. The molecule has 0 unspecified atom stereocenters. The number of carbonyl (C=O) groups is 2. The van der Waals surface area contributed by atoms with E-state index in [1.165, 1.54) is 16.7 Å². The molecule has 2 heterocycles. The summed E-state index contributed by atoms with van der Waals surface area (Å²) in [4.78, 5) is 43.9. The van der Waals surface area contributed by atoms with E-state index in [9.17, 15) is 14.4 Å². The number of nitrogens with zero attached hydrogens (tertiary/aromatic N) is 3. The van der Waals surface area contributed by atoms with E-state index in [-0.39, 0.29) is 23.9 Å². The average Bonchev–Trinajstić information content (AvgIpc) is 2.99. The zero-order chi connectivity index (χ0) is 21.3. The number of methoxy groups -OCH3 is 1. The highest BCUT2D eigenvalue weighted by molar-refractivity contribution is 9.10. The summed E-state index contributed by atoms with van der Waals surface area (Å²) in [6.07, 6.45) is 0. The van der Waals surface area contributed by atoms with Crippen molar-refractivity contribution >= 4 is 50.4 Å². The molecular weight excluding hydrogens is 470 g/mol. The van der Waals surface area contributed by atoms with Crippen LogP contribution >= 0.6 is 27.7 Å². The molecule has 0 saturated heterocycles. The lowest BCUT2D eigenvalue weighted by Crippen LogP contribution is -2.32. The Morgan fingerprint density at radius 2 is 1.73 bits per heavy atom. The summed E-state index contributed by atoms with van der Waals surface area (Å²) in [6, 6.07) is 12.2. The molecule has 9 heteroatoms. The largest absolute Gasteiger partial charge is 0.383 e. The number of fused-ring (bicyclic) bond motifs is 2. The number of halogens is 1. The first-order valence-corrected chi connectivity index (χ1v) is 11.1. The Kier molecular flexibility index (Phi) is 6.03. The van der Waals surface area contributed by atoms with Gasteiger partial charge < -0.3 is 4.74 Å². The lowest BCUT2D eigenvalue weighted by Gasteiger charge is -2.15. The highest BCUT2D eigenvalue weighted by Gasteiger charge is 2.34. The molecule has 1 aromatic heterocycles. The molecule has 0 saturated carbocycles. The van der Waals surface area contributed by atoms with Gasteiger partial charge in [0.2, 0.25) is 0 Å². The minimum Gasteiger partial charge on any atom is -0.383 e. The molecule has 0 bridgehead atoms. The fraction of sp³-hybridized carbons (Fsp3) is 0.238. The van der Waals surface area contributed by atoms with Crippen molar-refractivity contribution in [3.05, 3.63) is 68.4 Å². The van der Waals surface area contributed by atoms with E-state index in [0.717, 1.165) is 4.47 Å². The summed E-state index contributed by atoms with van der Waals surface area (Å²) in [7, 11) is 1.57. The predicted octanol–water partition coefficient (Wildman–Crippen LogP) is 3.19. The number of carbonyl (C=O) groups excluding carboxylic acids is 2. The number of thioether (sulfide) groups is 1. The van der Waals surface area contributed by atoms with Crippen LogP contribution < -0.4 is 5.56 Å². The smallest absolute Gasteiger partial charge is 0.262 e. The standard InChI is InChI=1S/C21H18BrN3O4S/c1-29-10-8-25-20(28)16-12-13(22)6-7-17(16)23-21(25)30-11-9-24-18(26)14-4-2-3-5-15(14)19(24)27/h2-7,12H,8-11H2,1H3. The van der Waals surface area contributed by atoms with Crippen LogP contribution in [0.25, 0.3) is 10.9 Å². The first kappa shape index (κ1) is 20.8. The van der Waals surface area contributed by atoms with Crippen molar-refractivity contribution < 1.29 is 14.3 Å². The quantitative estimate of drug-likeness (QED) is 0.289. The maximum Gasteiger partial charge on any atom is 0.262 e. The molecule has 0 radical (unpaired) electrons. The third-order valence-corrected chi connectivity index (χ3v) is 6.27. The number of benzene rings is 2. The molecule has 0 atom stereocenters. The van der Waals surface area contributed by atoms with Gasteiger partial charge in [-0.3, -0.25) is 23.9 Å². The van der Waals surface area contributed by atoms with Crippen molar-refractivity contribution in [2.45, 2.75) is 11.7 Å². The minimum atomic E-state index is -0.288. The third-order valence-electron chi connectivity index (χ3n) is 4.82. The first-order valence-electron chi connectivity index (χ1n) is 9.28. The summed E-state index contributed by atoms with van der Waals surface area (Å²) < 4.78 is 7.52. The number of aromatic nitrogens is 2. The van der Waals surface area contributed by atoms with Crippen molar-refractivity contribution in [3.63, 3.8) is 0 Å². The minimum absolute atomic E-state index is 0.151. The molecule has 0 spiro atoms. The van der Waals surface area contributed by atoms with E-state index < -0.39 is 0 Å². The third kappa shape index (κ3) is 3.80. The average molecular weight is 488 g/mol. The second-order valence-electron chi connectivity index (χ2n) is 6.66. The van der Waals surface area contributed by atoms with Gasteiger partial charge in [0.25, 0.3) is 17.4 Å². The Bertz CT molecular complexity index is 1180. The van der Waals surface area contributed by atoms with Gasteiger partial charge in [-0.15, -0.1) is 0 Å². The molecule has 2 aromatic carbocycles. The summed E-state index contributed by atoms with van der Waals surface area (Å²) in [5.41, 5.74) is 1.31. The Hall–Kier alpha value is -2.49. The van der Waals surface area contributed by atoms with Gasteiger partial charge in [-0.2, -0.15) is 0 Å². The van der Waals surface area contributed by atoms with Gasteiger partial charge in [0.1, 0.15) is 0 Å². The molecule has 4 rings (SSSR count). The van der Waals surface area contributed by atoms with Crippen LogP contribution in [0.1, 0.15) is 20.7 Å². The van der Waals surface area contributed by atoms with Crippen LogP contribution in [0.3, 0.4) is 0 Å². The zero-order valence-electron chi connectivity index (χ0n) is 16.1. The number of imide groups is 1. The molecule has 3 aromatic rings. The number of hydrogen-bond donors (Lipinski definition) is 0. The zero-order valence-corrected chi connectivity index (χ0v) is 18.5. The Morgan fingerprint density at radius 3 is 2.40 bits per heavy atom. The molecule has 7 nitrogen and oxygen atoms in total. The molecular formula is C21H18BrN3O4S. The van der Waals surface area contributed by atoms with Crippen LogP contribution in [0.2, 0.25) is 0 Å². The number of rotatable bonds is 7. The maximum absolute atomic E-state index is 13.0. The van der Waals surface area contributed by atoms with Crippen LogP contribution in [0, 0.1) is 0 Å². The monoisotopic (exact) mass is 487 g/mol. The Balaban J connectivity index is 1.57. The molecule has 0 N–H and O–H groups in total. The lowest BCUT2D eigenvalue weighted by atomic mass is 10.1. The normalized spacial score (nSPS) is 13.3. The maximum atomic E-state index is 13.0. The van der Waals surface area contributed by atoms with Crippen molar-refractivity contribution in [1.29, 1.82) is 0 Å². The number of amides is 2. The van der Waals surface area contributed by atoms with Crippen LogP contribution in [0.5, 0.6) is 0 Å². The van der Waals surface area contributed by atoms with Crippen molar-refractivity contribution in [2.75, 3.05) is 26.0 Å². The summed E-state index contributed by atoms with van der Waals surface area (Å²) in [5, 5.41) is 1.05. The SMILES string of the molecule is COCCn1c(SCCN2C(=O)c3ccccc3C2=O)nc2ccc(Br)cc2c1=O. The van der Waals surface area contributed by atoms with Crippen molar-refractivity contribution in [2.24, 2.45) is 0 Å². The fourth-order valence-electron chi connectivity index (χ4n) is 3.33. The van der Waals surface area contributed by atoms with E-state index in [1.807, 2.05) is 6.07 Å². The topological polar surface area (TPSA) is 81.5 Å². The van der Waals surface area contributed by atoms with Gasteiger partial charge in [-0.1, -0.05) is 39.8 Å². The Labute approximate surface area is 185 Å². The summed E-state index contributed by atoms with van der Waals surface area (Å²) >= 11 is 4.73. The van der Waals surface area contributed by atoms with Gasteiger partial charge in [-0.05, 0) is 30.3 Å². The highest BCUT2D eigenvalue weighted by atomic mass is 79.9. The van der Waals surface area contributed by atoms with Crippen LogP contribution in [-0.2, 0) is 11.3 Å². The second kappa shape index (κ2) is 8.71. The first-order chi connectivity index (χ1) is 14.5. The molecule has 0 fully saturated rings. The molecule has 2 amide bonds. The van der Waals surface area contributed by atoms with Crippen LogP contribution in [0.15, 0.2) is 56.9 Å². The van der Waals surface area contributed by atoms with Gasteiger partial charge in [0.05, 0.1) is 35.2 Å². The predicted molar refractivity (Wildman–Crippen MR) is 118 cm³/mol. The fourth-order valence-corrected chi connectivity index (χ4v) is 4.64. The summed E-state index contributed by atoms with van der Waals surface area (Å²) in [6.45, 7) is 0.961. The van der Waals surface area contributed by atoms with Crippen molar-refractivity contribution in [1.82, 2.24) is 14.5 Å². The van der Waals surface area contributed by atoms with Gasteiger partial charge in [-0.25, -0.2) is 4.98 Å². The van der Waals surface area contributed by atoms with Crippen molar-refractivity contribution in [3.8, 4) is 0 Å². The van der Waals surface area contributed by atoms with E-state index in [2.05, 4.69) is 20.9 Å². The molecule has 30 heavy (non-hydrogen) atoms. The number of hydrogen-bond acceptors (Lipinski definition) is 6. The van der Waals surface area contributed by atoms with Crippen LogP contribution in [-0.4, -0.2) is 52.3 Å². The van der Waals surface area contributed by atoms with Gasteiger partial charge in [0, 0.05) is 23.9 Å². The van der Waals surface area contributed by atoms with E-state index in [4.69, 9.17) is 4.74 Å². The van der Waals surface area contributed by atoms with E-state index in [0.29, 0.717) is 46.1 Å². The molecule has 154 valence electrons. The molecule has 1 aliphatic rings. The molecule has 0 aliphatic carbocycles. The van der Waals surface area contributed by atoms with E-state index in [1.54, 1.807) is 48.1 Å². The van der Waals surface area contributed by atoms with Gasteiger partial charge in [0.15, 0.2) is 5.16 Å². The van der Waals surface area contributed by atoms with E-state index >= 15 is 0 Å².